The van der Waals surface area contributed by atoms with E-state index in [1.807, 2.05) is 19.1 Å². The van der Waals surface area contributed by atoms with Crippen molar-refractivity contribution in [2.75, 3.05) is 12.1 Å². The minimum Gasteiger partial charge on any atom is -0.504 e. The van der Waals surface area contributed by atoms with Crippen LogP contribution in [0.25, 0.3) is 6.08 Å². The number of carbonyl (C=O) groups is 1. The number of aryl methyl sites for hydroxylation is 1. The fraction of sp³-hybridized carbons (Fsp3) is 0.158. The molecular weight excluding hydrogens is 340 g/mol. The van der Waals surface area contributed by atoms with Gasteiger partial charge in [0, 0.05) is 5.02 Å². The number of phenolic OH excluding ortho intramolecular Hbond substituents is 1. The predicted molar refractivity (Wildman–Crippen MR) is 99.4 cm³/mol. The van der Waals surface area contributed by atoms with Gasteiger partial charge in [-0.25, -0.2) is 0 Å². The smallest absolute Gasteiger partial charge is 0.280 e. The Kier molecular flexibility index (Phi) is 4.51. The van der Waals surface area contributed by atoms with Crippen LogP contribution in [0.15, 0.2) is 47.1 Å². The zero-order valence-corrected chi connectivity index (χ0v) is 14.8. The topological polar surface area (TPSA) is 62.1 Å². The number of ether oxygens (including phenoxy) is 1. The summed E-state index contributed by atoms with van der Waals surface area (Å²) in [5, 5.41) is 15.9. The number of anilines is 1. The van der Waals surface area contributed by atoms with Gasteiger partial charge in [-0.2, -0.15) is 10.1 Å². The molecule has 0 spiro atoms. The Bertz CT molecular complexity index is 919. The largest absolute Gasteiger partial charge is 0.504 e. The third-order valence-corrected chi connectivity index (χ3v) is 4.38. The van der Waals surface area contributed by atoms with Gasteiger partial charge < -0.3 is 9.84 Å². The van der Waals surface area contributed by atoms with Crippen molar-refractivity contribution >= 4 is 35.0 Å². The molecule has 1 aliphatic rings. The number of aromatic hydroxyl groups is 1. The van der Waals surface area contributed by atoms with Crippen LogP contribution in [0.4, 0.5) is 5.69 Å². The van der Waals surface area contributed by atoms with E-state index in [0.717, 1.165) is 11.1 Å². The lowest BCUT2D eigenvalue weighted by molar-refractivity contribution is -0.114. The van der Waals surface area contributed by atoms with E-state index in [9.17, 15) is 9.90 Å². The first-order valence-corrected chi connectivity index (χ1v) is 8.03. The van der Waals surface area contributed by atoms with E-state index in [1.54, 1.807) is 31.2 Å². The number of phenols is 1. The van der Waals surface area contributed by atoms with Crippen LogP contribution in [0.1, 0.15) is 18.1 Å². The highest BCUT2D eigenvalue weighted by Crippen LogP contribution is 2.30. The second-order valence-corrected chi connectivity index (χ2v) is 6.13. The number of rotatable bonds is 3. The van der Waals surface area contributed by atoms with Crippen molar-refractivity contribution < 1.29 is 14.6 Å². The summed E-state index contributed by atoms with van der Waals surface area (Å²) >= 11 is 6.15. The first-order valence-electron chi connectivity index (χ1n) is 7.65. The first-order chi connectivity index (χ1) is 11.9. The van der Waals surface area contributed by atoms with Crippen molar-refractivity contribution in [2.24, 2.45) is 5.10 Å². The molecule has 0 radical (unpaired) electrons. The molecule has 0 saturated heterocycles. The molecule has 2 aromatic rings. The van der Waals surface area contributed by atoms with E-state index in [-0.39, 0.29) is 11.7 Å². The molecule has 0 unspecified atom stereocenters. The van der Waals surface area contributed by atoms with Crippen LogP contribution in [0.2, 0.25) is 5.02 Å². The molecule has 0 aliphatic carbocycles. The number of benzene rings is 2. The normalized spacial score (nSPS) is 15.7. The monoisotopic (exact) mass is 356 g/mol. The number of methoxy groups -OCH3 is 1. The second-order valence-electron chi connectivity index (χ2n) is 5.73. The van der Waals surface area contributed by atoms with Gasteiger partial charge in [-0.15, -0.1) is 0 Å². The maximum absolute atomic E-state index is 12.8. The Hall–Kier alpha value is -2.79. The second kappa shape index (κ2) is 6.61. The average Bonchev–Trinajstić information content (AvgIpc) is 2.87. The number of halogens is 1. The molecule has 1 heterocycles. The molecule has 2 aromatic carbocycles. The van der Waals surface area contributed by atoms with Gasteiger partial charge in [0.15, 0.2) is 11.5 Å². The van der Waals surface area contributed by atoms with Crippen LogP contribution in [0.5, 0.6) is 11.5 Å². The summed E-state index contributed by atoms with van der Waals surface area (Å²) in [5.74, 6) is 0.157. The Labute approximate surface area is 150 Å². The summed E-state index contributed by atoms with van der Waals surface area (Å²) in [6.45, 7) is 3.67. The van der Waals surface area contributed by atoms with Gasteiger partial charge >= 0.3 is 0 Å². The van der Waals surface area contributed by atoms with Crippen molar-refractivity contribution in [2.45, 2.75) is 13.8 Å². The summed E-state index contributed by atoms with van der Waals surface area (Å²) in [6.07, 6.45) is 1.72. The van der Waals surface area contributed by atoms with E-state index in [0.29, 0.717) is 27.7 Å². The predicted octanol–water partition coefficient (Wildman–Crippen LogP) is 4.17. The highest BCUT2D eigenvalue weighted by Gasteiger charge is 2.29. The minimum absolute atomic E-state index is 0.0451. The number of carbonyl (C=O) groups excluding carboxylic acids is 1. The van der Waals surface area contributed by atoms with Crippen molar-refractivity contribution in [1.82, 2.24) is 0 Å². The van der Waals surface area contributed by atoms with Gasteiger partial charge in [0.2, 0.25) is 0 Å². The van der Waals surface area contributed by atoms with E-state index in [4.69, 9.17) is 16.3 Å². The third-order valence-electron chi connectivity index (χ3n) is 3.98. The van der Waals surface area contributed by atoms with Crippen LogP contribution >= 0.6 is 11.6 Å². The molecule has 25 heavy (non-hydrogen) atoms. The van der Waals surface area contributed by atoms with Gasteiger partial charge in [-0.05, 0) is 55.3 Å². The van der Waals surface area contributed by atoms with Crippen LogP contribution in [0, 0.1) is 6.92 Å². The summed E-state index contributed by atoms with van der Waals surface area (Å²) in [7, 11) is 1.47. The third kappa shape index (κ3) is 3.23. The Balaban J connectivity index is 1.96. The lowest BCUT2D eigenvalue weighted by atomic mass is 10.1. The van der Waals surface area contributed by atoms with Gasteiger partial charge in [0.1, 0.15) is 0 Å². The fourth-order valence-corrected chi connectivity index (χ4v) is 2.70. The molecule has 1 amide bonds. The van der Waals surface area contributed by atoms with Crippen molar-refractivity contribution in [3.05, 3.63) is 58.1 Å². The maximum atomic E-state index is 12.8. The Morgan fingerprint density at radius 3 is 2.64 bits per heavy atom. The van der Waals surface area contributed by atoms with Crippen LogP contribution in [-0.2, 0) is 4.79 Å². The van der Waals surface area contributed by atoms with Crippen molar-refractivity contribution in [1.29, 1.82) is 0 Å². The van der Waals surface area contributed by atoms with Crippen LogP contribution in [-0.4, -0.2) is 23.8 Å². The highest BCUT2D eigenvalue weighted by atomic mass is 35.5. The average molecular weight is 357 g/mol. The number of hydrazone groups is 1. The quantitative estimate of drug-likeness (QED) is 0.839. The molecule has 6 heteroatoms. The van der Waals surface area contributed by atoms with Gasteiger partial charge in [0.25, 0.3) is 5.91 Å². The summed E-state index contributed by atoms with van der Waals surface area (Å²) in [6, 6.07) is 10.3. The molecule has 0 aromatic heterocycles. The molecule has 1 aliphatic heterocycles. The minimum atomic E-state index is -0.232. The molecular formula is C19H17ClN2O3. The lowest BCUT2D eigenvalue weighted by Gasteiger charge is -2.12. The summed E-state index contributed by atoms with van der Waals surface area (Å²) < 4.78 is 5.10. The first kappa shape index (κ1) is 17.0. The van der Waals surface area contributed by atoms with E-state index >= 15 is 0 Å². The number of amides is 1. The van der Waals surface area contributed by atoms with Crippen LogP contribution < -0.4 is 9.75 Å². The Morgan fingerprint density at radius 1 is 1.20 bits per heavy atom. The molecule has 5 nitrogen and oxygen atoms in total. The zero-order valence-electron chi connectivity index (χ0n) is 14.1. The molecule has 128 valence electrons. The van der Waals surface area contributed by atoms with Gasteiger partial charge in [-0.1, -0.05) is 23.7 Å². The van der Waals surface area contributed by atoms with E-state index in [2.05, 4.69) is 5.10 Å². The maximum Gasteiger partial charge on any atom is 0.280 e. The highest BCUT2D eigenvalue weighted by molar-refractivity contribution is 6.33. The molecule has 0 saturated carbocycles. The summed E-state index contributed by atoms with van der Waals surface area (Å²) in [4.78, 5) is 12.8. The molecule has 0 fully saturated rings. The van der Waals surface area contributed by atoms with E-state index < -0.39 is 0 Å². The fourth-order valence-electron chi connectivity index (χ4n) is 2.52. The molecule has 0 atom stereocenters. The zero-order chi connectivity index (χ0) is 18.1. The van der Waals surface area contributed by atoms with Crippen molar-refractivity contribution in [3.63, 3.8) is 0 Å². The molecule has 1 N–H and O–H groups in total. The molecule has 0 bridgehead atoms. The van der Waals surface area contributed by atoms with E-state index in [1.165, 1.54) is 18.2 Å². The summed E-state index contributed by atoms with van der Waals surface area (Å²) in [5.41, 5.74) is 3.37. The van der Waals surface area contributed by atoms with Crippen molar-refractivity contribution in [3.8, 4) is 11.5 Å². The Morgan fingerprint density at radius 2 is 1.96 bits per heavy atom. The number of nitrogens with zero attached hydrogens (tertiary/aromatic N) is 2. The SMILES string of the molecule is COc1cc(C=C2C(=O)N(c3ccc(C)c(Cl)c3)N=C2C)ccc1O. The lowest BCUT2D eigenvalue weighted by Crippen LogP contribution is -2.21. The number of hydrogen-bond donors (Lipinski definition) is 1. The van der Waals surface area contributed by atoms with Gasteiger partial charge in [-0.3, -0.25) is 4.79 Å². The molecule has 3 rings (SSSR count). The number of hydrogen-bond acceptors (Lipinski definition) is 4. The van der Waals surface area contributed by atoms with Gasteiger partial charge in [0.05, 0.1) is 24.1 Å². The standard InChI is InChI=1S/C19H17ClN2O3/c1-11-4-6-14(10-16(11)20)22-19(24)15(12(2)21-22)8-13-5-7-17(23)18(9-13)25-3/h4-10,23H,1-3H3. The van der Waals surface area contributed by atoms with Crippen LogP contribution in [0.3, 0.4) is 0 Å².